The van der Waals surface area contributed by atoms with Crippen molar-refractivity contribution >= 4 is 16.8 Å². The van der Waals surface area contributed by atoms with Gasteiger partial charge in [-0.1, -0.05) is 13.8 Å². The van der Waals surface area contributed by atoms with E-state index in [1.807, 2.05) is 18.2 Å². The molecule has 6 heteroatoms. The summed E-state index contributed by atoms with van der Waals surface area (Å²) in [4.78, 5) is 20.7. The number of amides is 1. The van der Waals surface area contributed by atoms with E-state index in [0.717, 1.165) is 41.6 Å². The van der Waals surface area contributed by atoms with Gasteiger partial charge in [0.1, 0.15) is 5.69 Å². The summed E-state index contributed by atoms with van der Waals surface area (Å²) in [6.07, 6.45) is 3.22. The molecule has 0 aliphatic heterocycles. The number of carbonyl (C=O) groups is 1. The second-order valence-corrected chi connectivity index (χ2v) is 7.84. The van der Waals surface area contributed by atoms with Crippen LogP contribution in [0.5, 0.6) is 0 Å². The molecule has 0 radical (unpaired) electrons. The molecule has 2 N–H and O–H groups in total. The van der Waals surface area contributed by atoms with Gasteiger partial charge >= 0.3 is 0 Å². The summed E-state index contributed by atoms with van der Waals surface area (Å²) in [6.45, 7) is 4.60. The fourth-order valence-corrected chi connectivity index (χ4v) is 3.73. The van der Waals surface area contributed by atoms with Crippen LogP contribution in [0.25, 0.3) is 22.3 Å². The number of hydrogen-bond donors (Lipinski definition) is 2. The van der Waals surface area contributed by atoms with Crippen LogP contribution >= 0.6 is 0 Å². The van der Waals surface area contributed by atoms with Crippen molar-refractivity contribution in [2.45, 2.75) is 33.1 Å². The van der Waals surface area contributed by atoms with E-state index in [1.54, 1.807) is 7.05 Å². The summed E-state index contributed by atoms with van der Waals surface area (Å²) in [7, 11) is 3.08. The summed E-state index contributed by atoms with van der Waals surface area (Å²) in [5.41, 5.74) is 6.44. The van der Waals surface area contributed by atoms with Gasteiger partial charge in [-0.05, 0) is 48.9 Å². The number of benzene rings is 1. The number of H-pyrrole nitrogens is 2. The van der Waals surface area contributed by atoms with Crippen molar-refractivity contribution in [3.8, 4) is 11.4 Å². The minimum atomic E-state index is -0.170. The molecular weight excluding hydrogens is 328 g/mol. The topological polar surface area (TPSA) is 74.0 Å². The van der Waals surface area contributed by atoms with E-state index < -0.39 is 0 Å². The largest absolute Gasteiger partial charge is 0.353 e. The molecule has 3 aromatic rings. The minimum Gasteiger partial charge on any atom is -0.353 e. The first-order valence-corrected chi connectivity index (χ1v) is 8.89. The van der Waals surface area contributed by atoms with E-state index in [0.29, 0.717) is 11.0 Å². The number of hydrogen-bond acceptors (Lipinski definition) is 3. The van der Waals surface area contributed by atoms with Crippen LogP contribution in [-0.2, 0) is 17.7 Å². The molecule has 0 atom stereocenters. The van der Waals surface area contributed by atoms with Gasteiger partial charge in [0, 0.05) is 34.8 Å². The fourth-order valence-electron chi connectivity index (χ4n) is 3.73. The first-order chi connectivity index (χ1) is 12.4. The predicted octanol–water partition coefficient (Wildman–Crippen LogP) is 3.71. The number of aromatic amines is 2. The molecule has 136 valence electrons. The summed E-state index contributed by atoms with van der Waals surface area (Å²) >= 11 is 0. The van der Waals surface area contributed by atoms with Crippen molar-refractivity contribution in [1.29, 1.82) is 0 Å². The Labute approximate surface area is 152 Å². The summed E-state index contributed by atoms with van der Waals surface area (Å²) in [5.74, 6) is -0.170. The van der Waals surface area contributed by atoms with Crippen LogP contribution in [0.3, 0.4) is 0 Å². The quantitative estimate of drug-likeness (QED) is 0.706. The summed E-state index contributed by atoms with van der Waals surface area (Å²) in [6, 6.07) is 7.69. The van der Waals surface area contributed by atoms with E-state index >= 15 is 0 Å². The van der Waals surface area contributed by atoms with Crippen LogP contribution in [0.1, 0.15) is 41.9 Å². The van der Waals surface area contributed by atoms with Crippen LogP contribution < -0.4 is 0 Å². The molecule has 0 fully saturated rings. The zero-order chi connectivity index (χ0) is 18.5. The highest BCUT2D eigenvalue weighted by molar-refractivity contribution is 5.98. The highest BCUT2D eigenvalue weighted by atomic mass is 16.7. The Morgan fingerprint density at radius 3 is 2.88 bits per heavy atom. The van der Waals surface area contributed by atoms with E-state index in [4.69, 9.17) is 4.84 Å². The minimum absolute atomic E-state index is 0.170. The smallest absolute Gasteiger partial charge is 0.277 e. The molecule has 0 saturated carbocycles. The van der Waals surface area contributed by atoms with E-state index in [1.165, 1.54) is 23.4 Å². The molecule has 1 amide bonds. The second-order valence-electron chi connectivity index (χ2n) is 7.84. The van der Waals surface area contributed by atoms with Crippen molar-refractivity contribution in [2.75, 3.05) is 14.2 Å². The van der Waals surface area contributed by atoms with Gasteiger partial charge in [-0.3, -0.25) is 14.7 Å². The lowest BCUT2D eigenvalue weighted by molar-refractivity contribution is -0.0756. The highest BCUT2D eigenvalue weighted by Gasteiger charge is 2.29. The van der Waals surface area contributed by atoms with Gasteiger partial charge in [-0.25, -0.2) is 5.06 Å². The molecule has 0 saturated heterocycles. The third-order valence-corrected chi connectivity index (χ3v) is 5.34. The Hall–Kier alpha value is -2.60. The zero-order valence-electron chi connectivity index (χ0n) is 15.6. The average molecular weight is 352 g/mol. The molecular formula is C20H24N4O2. The summed E-state index contributed by atoms with van der Waals surface area (Å²) in [5, 5.41) is 10.0. The molecule has 2 heterocycles. The van der Waals surface area contributed by atoms with Crippen LogP contribution in [0.2, 0.25) is 0 Å². The van der Waals surface area contributed by atoms with Gasteiger partial charge in [-0.2, -0.15) is 5.10 Å². The van der Waals surface area contributed by atoms with Crippen molar-refractivity contribution in [2.24, 2.45) is 5.41 Å². The third kappa shape index (κ3) is 2.80. The van der Waals surface area contributed by atoms with E-state index in [2.05, 4.69) is 35.1 Å². The summed E-state index contributed by atoms with van der Waals surface area (Å²) < 4.78 is 0. The molecule has 0 bridgehead atoms. The Kier molecular flexibility index (Phi) is 3.88. The number of rotatable bonds is 3. The molecule has 2 aromatic heterocycles. The fraction of sp³-hybridized carbons (Fsp3) is 0.400. The average Bonchev–Trinajstić information content (AvgIpc) is 3.21. The molecule has 1 aromatic carbocycles. The maximum Gasteiger partial charge on any atom is 0.277 e. The van der Waals surface area contributed by atoms with Crippen molar-refractivity contribution in [3.63, 3.8) is 0 Å². The number of hydroxylamine groups is 2. The normalized spacial score (nSPS) is 15.8. The molecule has 4 rings (SSSR count). The van der Waals surface area contributed by atoms with Crippen molar-refractivity contribution < 1.29 is 9.63 Å². The molecule has 26 heavy (non-hydrogen) atoms. The monoisotopic (exact) mass is 352 g/mol. The van der Waals surface area contributed by atoms with Crippen LogP contribution in [0.15, 0.2) is 24.3 Å². The van der Waals surface area contributed by atoms with Crippen molar-refractivity contribution in [1.82, 2.24) is 20.2 Å². The van der Waals surface area contributed by atoms with Gasteiger partial charge in [0.15, 0.2) is 0 Å². The molecule has 0 unspecified atom stereocenters. The van der Waals surface area contributed by atoms with Crippen molar-refractivity contribution in [3.05, 3.63) is 41.1 Å². The van der Waals surface area contributed by atoms with Gasteiger partial charge in [0.05, 0.1) is 12.8 Å². The first kappa shape index (κ1) is 16.8. The van der Waals surface area contributed by atoms with Gasteiger partial charge < -0.3 is 4.98 Å². The lowest BCUT2D eigenvalue weighted by Gasteiger charge is -2.28. The molecule has 6 nitrogen and oxygen atoms in total. The predicted molar refractivity (Wildman–Crippen MR) is 101 cm³/mol. The van der Waals surface area contributed by atoms with Crippen LogP contribution in [0.4, 0.5) is 0 Å². The Balaban J connectivity index is 1.71. The lowest BCUT2D eigenvalue weighted by atomic mass is 9.76. The molecule has 0 spiro atoms. The van der Waals surface area contributed by atoms with Gasteiger partial charge in [0.2, 0.25) is 0 Å². The molecule has 1 aliphatic carbocycles. The first-order valence-electron chi connectivity index (χ1n) is 8.89. The lowest BCUT2D eigenvalue weighted by Crippen LogP contribution is -2.25. The maximum absolute atomic E-state index is 12.3. The number of nitrogens with one attached hydrogen (secondary N) is 2. The standard InChI is InChI=1S/C20H24N4O2/c1-20(2)8-7-14-17(11-20)22-23-18(14)16-10-13-9-12(5-6-15(13)21-16)19(25)24(3)26-4/h5-6,9-10,21H,7-8,11H2,1-4H3,(H,22,23). The number of aromatic nitrogens is 3. The number of fused-ring (bicyclic) bond motifs is 2. The van der Waals surface area contributed by atoms with Crippen LogP contribution in [0, 0.1) is 5.41 Å². The SMILES string of the molecule is CON(C)C(=O)c1ccc2[nH]c(-c3n[nH]c4c3CCC(C)(C)C4)cc2c1. The molecule has 1 aliphatic rings. The third-order valence-electron chi connectivity index (χ3n) is 5.34. The second kappa shape index (κ2) is 5.99. The highest BCUT2D eigenvalue weighted by Crippen LogP contribution is 2.38. The number of nitrogens with zero attached hydrogens (tertiary/aromatic N) is 2. The van der Waals surface area contributed by atoms with Crippen LogP contribution in [-0.4, -0.2) is 40.3 Å². The van der Waals surface area contributed by atoms with Gasteiger partial charge in [-0.15, -0.1) is 0 Å². The zero-order valence-corrected chi connectivity index (χ0v) is 15.6. The Morgan fingerprint density at radius 1 is 1.31 bits per heavy atom. The van der Waals surface area contributed by atoms with E-state index in [-0.39, 0.29) is 5.91 Å². The Morgan fingerprint density at radius 2 is 2.12 bits per heavy atom. The van der Waals surface area contributed by atoms with Gasteiger partial charge in [0.25, 0.3) is 5.91 Å². The Bertz CT molecular complexity index is 983. The maximum atomic E-state index is 12.3. The number of carbonyl (C=O) groups excluding carboxylic acids is 1. The van der Waals surface area contributed by atoms with E-state index in [9.17, 15) is 4.79 Å².